The molecule has 21 heavy (non-hydrogen) atoms. The minimum absolute atomic E-state index is 0.102. The highest BCUT2D eigenvalue weighted by atomic mass is 16.5. The molecule has 0 unspecified atom stereocenters. The van der Waals surface area contributed by atoms with Crippen molar-refractivity contribution in [2.45, 2.75) is 26.3 Å². The van der Waals surface area contributed by atoms with Crippen LogP contribution in [0.4, 0.5) is 0 Å². The van der Waals surface area contributed by atoms with Gasteiger partial charge in [-0.3, -0.25) is 14.5 Å². The molecule has 0 radical (unpaired) electrons. The number of esters is 1. The number of benzene rings is 1. The maximum atomic E-state index is 11.6. The van der Waals surface area contributed by atoms with Gasteiger partial charge < -0.3 is 10.1 Å². The second-order valence-corrected chi connectivity index (χ2v) is 5.02. The monoisotopic (exact) mass is 292 g/mol. The SMILES string of the molecule is CCCCOC(=O)CN(C)Cc1ccc(C(=O)NC)cc1. The first-order valence-electron chi connectivity index (χ1n) is 7.22. The molecule has 116 valence electrons. The van der Waals surface area contributed by atoms with Crippen molar-refractivity contribution in [3.05, 3.63) is 35.4 Å². The van der Waals surface area contributed by atoms with E-state index in [4.69, 9.17) is 4.74 Å². The van der Waals surface area contributed by atoms with Gasteiger partial charge in [-0.1, -0.05) is 25.5 Å². The fraction of sp³-hybridized carbons (Fsp3) is 0.500. The van der Waals surface area contributed by atoms with Crippen molar-refractivity contribution in [2.75, 3.05) is 27.2 Å². The van der Waals surface area contributed by atoms with Crippen LogP contribution >= 0.6 is 0 Å². The van der Waals surface area contributed by atoms with E-state index in [9.17, 15) is 9.59 Å². The Labute approximate surface area is 126 Å². The third-order valence-corrected chi connectivity index (χ3v) is 3.06. The molecule has 0 heterocycles. The van der Waals surface area contributed by atoms with Gasteiger partial charge in [-0.25, -0.2) is 0 Å². The Balaban J connectivity index is 2.42. The predicted octanol–water partition coefficient (Wildman–Crippen LogP) is 1.82. The van der Waals surface area contributed by atoms with Crippen LogP contribution in [0.2, 0.25) is 0 Å². The predicted molar refractivity (Wildman–Crippen MR) is 82.0 cm³/mol. The fourth-order valence-corrected chi connectivity index (χ4v) is 1.87. The summed E-state index contributed by atoms with van der Waals surface area (Å²) in [6.45, 7) is 3.45. The zero-order valence-corrected chi connectivity index (χ0v) is 13.0. The Morgan fingerprint density at radius 1 is 1.24 bits per heavy atom. The van der Waals surface area contributed by atoms with E-state index in [1.165, 1.54) is 0 Å². The Hall–Kier alpha value is -1.88. The van der Waals surface area contributed by atoms with E-state index in [1.807, 2.05) is 24.1 Å². The van der Waals surface area contributed by atoms with Crippen LogP contribution in [0.15, 0.2) is 24.3 Å². The van der Waals surface area contributed by atoms with Gasteiger partial charge in [0.05, 0.1) is 13.2 Å². The van der Waals surface area contributed by atoms with E-state index >= 15 is 0 Å². The summed E-state index contributed by atoms with van der Waals surface area (Å²) in [5, 5.41) is 2.58. The van der Waals surface area contributed by atoms with E-state index < -0.39 is 0 Å². The van der Waals surface area contributed by atoms with E-state index in [-0.39, 0.29) is 18.4 Å². The van der Waals surface area contributed by atoms with Crippen molar-refractivity contribution in [3.63, 3.8) is 0 Å². The molecule has 5 heteroatoms. The molecule has 0 aliphatic carbocycles. The number of ether oxygens (including phenoxy) is 1. The van der Waals surface area contributed by atoms with Gasteiger partial charge in [0.2, 0.25) is 0 Å². The summed E-state index contributed by atoms with van der Waals surface area (Å²) in [6, 6.07) is 7.34. The summed E-state index contributed by atoms with van der Waals surface area (Å²) >= 11 is 0. The first-order valence-corrected chi connectivity index (χ1v) is 7.22. The van der Waals surface area contributed by atoms with Crippen molar-refractivity contribution in [3.8, 4) is 0 Å². The summed E-state index contributed by atoms with van der Waals surface area (Å²) in [5.41, 5.74) is 1.68. The van der Waals surface area contributed by atoms with Crippen LogP contribution in [-0.2, 0) is 16.1 Å². The Bertz CT molecular complexity index is 457. The van der Waals surface area contributed by atoms with Crippen molar-refractivity contribution < 1.29 is 14.3 Å². The number of amides is 1. The Kier molecular flexibility index (Phi) is 7.46. The highest BCUT2D eigenvalue weighted by molar-refractivity contribution is 5.93. The van der Waals surface area contributed by atoms with Gasteiger partial charge in [0.1, 0.15) is 0 Å². The van der Waals surface area contributed by atoms with Gasteiger partial charge in [0.25, 0.3) is 5.91 Å². The van der Waals surface area contributed by atoms with E-state index in [2.05, 4.69) is 12.2 Å². The molecule has 0 saturated heterocycles. The lowest BCUT2D eigenvalue weighted by Crippen LogP contribution is -2.27. The number of carbonyl (C=O) groups is 2. The zero-order chi connectivity index (χ0) is 15.7. The molecule has 0 aromatic heterocycles. The summed E-state index contributed by atoms with van der Waals surface area (Å²) in [5.74, 6) is -0.303. The van der Waals surface area contributed by atoms with Crippen molar-refractivity contribution in [2.24, 2.45) is 0 Å². The lowest BCUT2D eigenvalue weighted by molar-refractivity contribution is -0.144. The van der Waals surface area contributed by atoms with Crippen LogP contribution in [0.25, 0.3) is 0 Å². The first kappa shape index (κ1) is 17.2. The lowest BCUT2D eigenvalue weighted by Gasteiger charge is -2.16. The standard InChI is InChI=1S/C16H24N2O3/c1-4-5-10-21-15(19)12-18(3)11-13-6-8-14(9-7-13)16(20)17-2/h6-9H,4-5,10-12H2,1-3H3,(H,17,20). The number of nitrogens with one attached hydrogen (secondary N) is 1. The largest absolute Gasteiger partial charge is 0.465 e. The van der Waals surface area contributed by atoms with Gasteiger partial charge in [-0.15, -0.1) is 0 Å². The molecule has 0 spiro atoms. The molecule has 0 saturated carbocycles. The average Bonchev–Trinajstić information content (AvgIpc) is 2.47. The molecule has 1 N–H and O–H groups in total. The van der Waals surface area contributed by atoms with Crippen LogP contribution in [0.5, 0.6) is 0 Å². The van der Waals surface area contributed by atoms with Crippen molar-refractivity contribution >= 4 is 11.9 Å². The van der Waals surface area contributed by atoms with Gasteiger partial charge >= 0.3 is 5.97 Å². The molecule has 5 nitrogen and oxygen atoms in total. The number of rotatable bonds is 8. The van der Waals surface area contributed by atoms with Gasteiger partial charge in [0, 0.05) is 19.2 Å². The molecule has 0 aliphatic rings. The molecule has 1 amide bonds. The Morgan fingerprint density at radius 3 is 2.48 bits per heavy atom. The topological polar surface area (TPSA) is 58.6 Å². The van der Waals surface area contributed by atoms with E-state index in [0.29, 0.717) is 18.7 Å². The lowest BCUT2D eigenvalue weighted by atomic mass is 10.1. The van der Waals surface area contributed by atoms with Crippen molar-refractivity contribution in [1.29, 1.82) is 0 Å². The van der Waals surface area contributed by atoms with Crippen LogP contribution in [-0.4, -0.2) is 44.0 Å². The first-order chi connectivity index (χ1) is 10.1. The summed E-state index contributed by atoms with van der Waals surface area (Å²) in [7, 11) is 3.47. The van der Waals surface area contributed by atoms with Crippen LogP contribution < -0.4 is 5.32 Å². The van der Waals surface area contributed by atoms with Gasteiger partial charge in [0.15, 0.2) is 0 Å². The molecular formula is C16H24N2O3. The number of nitrogens with zero attached hydrogens (tertiary/aromatic N) is 1. The molecule has 1 aromatic rings. The molecular weight excluding hydrogens is 268 g/mol. The fourth-order valence-electron chi connectivity index (χ4n) is 1.87. The molecule has 1 rings (SSSR count). The number of carbonyl (C=O) groups excluding carboxylic acids is 2. The summed E-state index contributed by atoms with van der Waals surface area (Å²) in [6.07, 6.45) is 1.91. The minimum Gasteiger partial charge on any atom is -0.465 e. The second kappa shape index (κ2) is 9.13. The third-order valence-electron chi connectivity index (χ3n) is 3.06. The molecule has 0 aliphatic heterocycles. The number of unbranched alkanes of at least 4 members (excludes halogenated alkanes) is 1. The summed E-state index contributed by atoms with van der Waals surface area (Å²) in [4.78, 5) is 24.9. The molecule has 1 aromatic carbocycles. The van der Waals surface area contributed by atoms with Crippen molar-refractivity contribution in [1.82, 2.24) is 10.2 Å². The van der Waals surface area contributed by atoms with Crippen LogP contribution in [0.1, 0.15) is 35.7 Å². The summed E-state index contributed by atoms with van der Waals surface area (Å²) < 4.78 is 5.12. The normalized spacial score (nSPS) is 10.5. The molecule has 0 atom stereocenters. The van der Waals surface area contributed by atoms with E-state index in [1.54, 1.807) is 19.2 Å². The Morgan fingerprint density at radius 2 is 1.90 bits per heavy atom. The highest BCUT2D eigenvalue weighted by Gasteiger charge is 2.09. The number of likely N-dealkylation sites (N-methyl/N-ethyl adjacent to an activating group) is 1. The smallest absolute Gasteiger partial charge is 0.320 e. The highest BCUT2D eigenvalue weighted by Crippen LogP contribution is 2.07. The van der Waals surface area contributed by atoms with Crippen LogP contribution in [0.3, 0.4) is 0 Å². The minimum atomic E-state index is -0.201. The van der Waals surface area contributed by atoms with E-state index in [0.717, 1.165) is 18.4 Å². The van der Waals surface area contributed by atoms with Gasteiger partial charge in [-0.2, -0.15) is 0 Å². The van der Waals surface area contributed by atoms with Crippen LogP contribution in [0, 0.1) is 0 Å². The number of hydrogen-bond donors (Lipinski definition) is 1. The molecule has 0 bridgehead atoms. The van der Waals surface area contributed by atoms with Gasteiger partial charge in [-0.05, 0) is 31.2 Å². The average molecular weight is 292 g/mol. The number of hydrogen-bond acceptors (Lipinski definition) is 4. The maximum Gasteiger partial charge on any atom is 0.320 e. The quantitative estimate of drug-likeness (QED) is 0.586. The third kappa shape index (κ3) is 6.40. The zero-order valence-electron chi connectivity index (χ0n) is 13.0. The molecule has 0 fully saturated rings. The second-order valence-electron chi connectivity index (χ2n) is 5.02. The maximum absolute atomic E-state index is 11.6.